The molecule has 0 bridgehead atoms. The summed E-state index contributed by atoms with van der Waals surface area (Å²) >= 11 is 1.56. The molecule has 6 nitrogen and oxygen atoms in total. The molecular weight excluding hydrogens is 504 g/mol. The van der Waals surface area contributed by atoms with Gasteiger partial charge in [0.25, 0.3) is 0 Å². The number of carbonyl (C=O) groups is 1. The standard InChI is InChI=1S/C32H28N4O2S/c37-29(19-18-24-13-10-22-39-24)35-26-15-5-4-14-25(26)31(36-28-17-7-9-21-34-28)30(27-16-6-8-20-33-27)32(38)23-11-2-1-3-12-23/h1-22,30-32,38H,(H,34,36)(H,35,37)/b19-18+/t30-,31+,32+/m0/s1. The third-order valence-electron chi connectivity index (χ3n) is 6.33. The number of nitrogens with zero attached hydrogens (tertiary/aromatic N) is 2. The Hall–Kier alpha value is -4.59. The number of aliphatic hydroxyl groups excluding tert-OH is 1. The van der Waals surface area contributed by atoms with Gasteiger partial charge in [-0.3, -0.25) is 9.78 Å². The lowest BCUT2D eigenvalue weighted by molar-refractivity contribution is -0.111. The third kappa shape index (κ3) is 6.65. The van der Waals surface area contributed by atoms with E-state index in [-0.39, 0.29) is 5.91 Å². The SMILES string of the molecule is O=C(/C=C/c1cccs1)Nc1ccccc1[C@@H](Nc1ccccn1)[C@H](c1ccccn1)[C@H](O)c1ccccc1. The van der Waals surface area contributed by atoms with Gasteiger partial charge in [0.2, 0.25) is 5.91 Å². The average Bonchev–Trinajstić information content (AvgIpc) is 3.52. The molecule has 0 aliphatic rings. The summed E-state index contributed by atoms with van der Waals surface area (Å²) in [5.74, 6) is -0.122. The van der Waals surface area contributed by atoms with Gasteiger partial charge in [0.1, 0.15) is 5.82 Å². The summed E-state index contributed by atoms with van der Waals surface area (Å²) in [6.07, 6.45) is 5.86. The van der Waals surface area contributed by atoms with E-state index in [0.717, 1.165) is 16.0 Å². The second kappa shape index (κ2) is 12.8. The maximum atomic E-state index is 12.9. The molecule has 3 aromatic heterocycles. The Morgan fingerprint density at radius 3 is 2.28 bits per heavy atom. The molecule has 5 aromatic rings. The van der Waals surface area contributed by atoms with E-state index in [4.69, 9.17) is 0 Å². The van der Waals surface area contributed by atoms with Crippen LogP contribution in [0, 0.1) is 0 Å². The molecule has 0 saturated carbocycles. The molecule has 39 heavy (non-hydrogen) atoms. The van der Waals surface area contributed by atoms with E-state index in [1.807, 2.05) is 109 Å². The average molecular weight is 533 g/mol. The van der Waals surface area contributed by atoms with Crippen molar-refractivity contribution in [3.63, 3.8) is 0 Å². The highest BCUT2D eigenvalue weighted by atomic mass is 32.1. The zero-order chi connectivity index (χ0) is 26.9. The van der Waals surface area contributed by atoms with Gasteiger partial charge in [-0.25, -0.2) is 4.98 Å². The van der Waals surface area contributed by atoms with Crippen LogP contribution in [-0.4, -0.2) is 21.0 Å². The van der Waals surface area contributed by atoms with E-state index in [1.165, 1.54) is 6.08 Å². The van der Waals surface area contributed by atoms with Crippen molar-refractivity contribution in [3.05, 3.63) is 149 Å². The van der Waals surface area contributed by atoms with Gasteiger partial charge in [0, 0.05) is 34.7 Å². The minimum atomic E-state index is -0.898. The van der Waals surface area contributed by atoms with Gasteiger partial charge in [0.15, 0.2) is 0 Å². The number of aromatic nitrogens is 2. The summed E-state index contributed by atoms with van der Waals surface area (Å²) in [4.78, 5) is 23.1. The minimum Gasteiger partial charge on any atom is -0.388 e. The fourth-order valence-electron chi connectivity index (χ4n) is 4.51. The van der Waals surface area contributed by atoms with Gasteiger partial charge in [-0.05, 0) is 59.0 Å². The second-order valence-corrected chi connectivity index (χ2v) is 9.88. The number of anilines is 2. The lowest BCUT2D eigenvalue weighted by Crippen LogP contribution is -2.27. The van der Waals surface area contributed by atoms with Gasteiger partial charge in [0.05, 0.1) is 18.1 Å². The van der Waals surface area contributed by atoms with E-state index < -0.39 is 18.1 Å². The number of pyridine rings is 2. The number of thiophene rings is 1. The molecule has 0 aliphatic heterocycles. The second-order valence-electron chi connectivity index (χ2n) is 8.90. The van der Waals surface area contributed by atoms with Crippen LogP contribution in [0.5, 0.6) is 0 Å². The Kier molecular flexibility index (Phi) is 8.53. The number of hydrogen-bond donors (Lipinski definition) is 3. The van der Waals surface area contributed by atoms with Crippen molar-refractivity contribution in [1.29, 1.82) is 0 Å². The van der Waals surface area contributed by atoms with Gasteiger partial charge in [-0.2, -0.15) is 0 Å². The fourth-order valence-corrected chi connectivity index (χ4v) is 5.13. The highest BCUT2D eigenvalue weighted by molar-refractivity contribution is 7.10. The lowest BCUT2D eigenvalue weighted by atomic mass is 9.82. The molecule has 5 rings (SSSR count). The molecule has 0 unspecified atom stereocenters. The lowest BCUT2D eigenvalue weighted by Gasteiger charge is -2.33. The predicted molar refractivity (Wildman–Crippen MR) is 157 cm³/mol. The molecular formula is C32H28N4O2S. The first kappa shape index (κ1) is 26.0. The molecule has 194 valence electrons. The zero-order valence-corrected chi connectivity index (χ0v) is 21.9. The van der Waals surface area contributed by atoms with Crippen LogP contribution in [0.4, 0.5) is 11.5 Å². The number of rotatable bonds is 10. The van der Waals surface area contributed by atoms with Crippen LogP contribution in [0.3, 0.4) is 0 Å². The summed E-state index contributed by atoms with van der Waals surface area (Å²) in [6, 6.07) is 31.9. The van der Waals surface area contributed by atoms with Gasteiger partial charge >= 0.3 is 0 Å². The van der Waals surface area contributed by atoms with E-state index in [9.17, 15) is 9.90 Å². The first-order chi connectivity index (χ1) is 19.2. The van der Waals surface area contributed by atoms with E-state index in [2.05, 4.69) is 20.6 Å². The number of nitrogens with one attached hydrogen (secondary N) is 2. The van der Waals surface area contributed by atoms with Gasteiger partial charge in [-0.1, -0.05) is 66.7 Å². The Balaban J connectivity index is 1.57. The Bertz CT molecular complexity index is 1490. The fraction of sp³-hybridized carbons (Fsp3) is 0.0938. The molecule has 3 heterocycles. The molecule has 0 radical (unpaired) electrons. The number of amides is 1. The summed E-state index contributed by atoms with van der Waals surface area (Å²) in [7, 11) is 0. The maximum absolute atomic E-state index is 12.9. The number of aliphatic hydroxyl groups is 1. The Labute approximate surface area is 231 Å². The Morgan fingerprint density at radius 2 is 1.56 bits per heavy atom. The quantitative estimate of drug-likeness (QED) is 0.171. The van der Waals surface area contributed by atoms with Crippen molar-refractivity contribution in [2.24, 2.45) is 0 Å². The van der Waals surface area contributed by atoms with Crippen molar-refractivity contribution >= 4 is 34.8 Å². The smallest absolute Gasteiger partial charge is 0.248 e. The highest BCUT2D eigenvalue weighted by Crippen LogP contribution is 2.43. The van der Waals surface area contributed by atoms with E-state index in [1.54, 1.807) is 29.8 Å². The molecule has 7 heteroatoms. The normalized spacial score (nSPS) is 13.5. The summed E-state index contributed by atoms with van der Waals surface area (Å²) in [5, 5.41) is 20.4. The van der Waals surface area contributed by atoms with E-state index >= 15 is 0 Å². The van der Waals surface area contributed by atoms with Crippen molar-refractivity contribution in [2.75, 3.05) is 10.6 Å². The molecule has 0 aliphatic carbocycles. The monoisotopic (exact) mass is 532 g/mol. The molecule has 2 aromatic carbocycles. The number of benzene rings is 2. The first-order valence-electron chi connectivity index (χ1n) is 12.6. The third-order valence-corrected chi connectivity index (χ3v) is 7.17. The first-order valence-corrected chi connectivity index (χ1v) is 13.5. The molecule has 0 saturated heterocycles. The van der Waals surface area contributed by atoms with Gasteiger partial charge < -0.3 is 15.7 Å². The number of carbonyl (C=O) groups excluding carboxylic acids is 1. The zero-order valence-electron chi connectivity index (χ0n) is 21.1. The largest absolute Gasteiger partial charge is 0.388 e. The number of para-hydroxylation sites is 1. The predicted octanol–water partition coefficient (Wildman–Crippen LogP) is 6.86. The van der Waals surface area contributed by atoms with E-state index in [0.29, 0.717) is 17.2 Å². The van der Waals surface area contributed by atoms with Crippen molar-refractivity contribution < 1.29 is 9.90 Å². The summed E-state index contributed by atoms with van der Waals surface area (Å²) < 4.78 is 0. The number of hydrogen-bond acceptors (Lipinski definition) is 6. The molecule has 3 N–H and O–H groups in total. The molecule has 1 amide bonds. The summed E-state index contributed by atoms with van der Waals surface area (Å²) in [6.45, 7) is 0. The van der Waals surface area contributed by atoms with Crippen LogP contribution in [0.15, 0.2) is 127 Å². The molecule has 3 atom stereocenters. The van der Waals surface area contributed by atoms with Crippen LogP contribution < -0.4 is 10.6 Å². The minimum absolute atomic E-state index is 0.245. The van der Waals surface area contributed by atoms with Crippen molar-refractivity contribution in [2.45, 2.75) is 18.1 Å². The van der Waals surface area contributed by atoms with Crippen LogP contribution in [0.25, 0.3) is 6.08 Å². The maximum Gasteiger partial charge on any atom is 0.248 e. The highest BCUT2D eigenvalue weighted by Gasteiger charge is 2.35. The van der Waals surface area contributed by atoms with Crippen LogP contribution in [0.1, 0.15) is 39.8 Å². The van der Waals surface area contributed by atoms with Crippen LogP contribution in [0.2, 0.25) is 0 Å². The topological polar surface area (TPSA) is 87.1 Å². The molecule has 0 fully saturated rings. The molecule has 0 spiro atoms. The van der Waals surface area contributed by atoms with Gasteiger partial charge in [-0.15, -0.1) is 11.3 Å². The van der Waals surface area contributed by atoms with Crippen molar-refractivity contribution in [1.82, 2.24) is 9.97 Å². The van der Waals surface area contributed by atoms with Crippen molar-refractivity contribution in [3.8, 4) is 0 Å². The summed E-state index contributed by atoms with van der Waals surface area (Å²) in [5.41, 5.74) is 2.90. The van der Waals surface area contributed by atoms with Crippen LogP contribution >= 0.6 is 11.3 Å². The Morgan fingerprint density at radius 1 is 0.821 bits per heavy atom. The van der Waals surface area contributed by atoms with Crippen LogP contribution in [-0.2, 0) is 4.79 Å².